The van der Waals surface area contributed by atoms with Crippen LogP contribution in [0.4, 0.5) is 0 Å². The molecule has 6 nitrogen and oxygen atoms in total. The monoisotopic (exact) mass is 316 g/mol. The fraction of sp³-hybridized carbons (Fsp3) is 0.571. The van der Waals surface area contributed by atoms with Crippen LogP contribution < -0.4 is 19.5 Å². The van der Waals surface area contributed by atoms with Crippen molar-refractivity contribution in [2.24, 2.45) is 0 Å². The van der Waals surface area contributed by atoms with Crippen LogP contribution in [0.3, 0.4) is 0 Å². The van der Waals surface area contributed by atoms with Crippen LogP contribution in [0.25, 0.3) is 0 Å². The maximum absolute atomic E-state index is 12.3. The Morgan fingerprint density at radius 1 is 1.14 bits per heavy atom. The zero-order valence-corrected chi connectivity index (χ0v) is 13.8. The molecule has 2 N–H and O–H groups in total. The average molecular weight is 316 g/mol. The Morgan fingerprint density at radius 3 is 2.43 bits per heavy atom. The van der Waals surface area contributed by atoms with Crippen LogP contribution in [0.5, 0.6) is 11.5 Å². The third-order valence-corrected chi connectivity index (χ3v) is 4.34. The Labute approximate surface area is 126 Å². The predicted octanol–water partition coefficient (Wildman–Crippen LogP) is 1.37. The summed E-state index contributed by atoms with van der Waals surface area (Å²) in [6, 6.07) is 5.08. The molecule has 0 aliphatic rings. The minimum Gasteiger partial charge on any atom is -0.497 e. The predicted molar refractivity (Wildman–Crippen MR) is 82.5 cm³/mol. The van der Waals surface area contributed by atoms with E-state index in [1.54, 1.807) is 12.1 Å². The second-order valence-corrected chi connectivity index (χ2v) is 6.61. The Balaban J connectivity index is 2.73. The van der Waals surface area contributed by atoms with Crippen LogP contribution >= 0.6 is 0 Å². The van der Waals surface area contributed by atoms with E-state index >= 15 is 0 Å². The van der Waals surface area contributed by atoms with Crippen molar-refractivity contribution in [3.05, 3.63) is 18.2 Å². The first-order chi connectivity index (χ1) is 9.90. The van der Waals surface area contributed by atoms with Gasteiger partial charge < -0.3 is 14.8 Å². The van der Waals surface area contributed by atoms with Gasteiger partial charge in [0.2, 0.25) is 10.0 Å². The lowest BCUT2D eigenvalue weighted by atomic mass is 10.3. The van der Waals surface area contributed by atoms with Crippen molar-refractivity contribution in [3.8, 4) is 11.5 Å². The number of rotatable bonds is 9. The minimum absolute atomic E-state index is 0.0844. The van der Waals surface area contributed by atoms with Gasteiger partial charge in [0.25, 0.3) is 0 Å². The zero-order valence-electron chi connectivity index (χ0n) is 13.0. The second-order valence-electron chi connectivity index (χ2n) is 4.88. The van der Waals surface area contributed by atoms with Crippen molar-refractivity contribution in [1.82, 2.24) is 10.0 Å². The molecule has 7 heteroatoms. The van der Waals surface area contributed by atoms with E-state index in [0.717, 1.165) is 6.54 Å². The molecule has 0 bridgehead atoms. The molecule has 0 spiro atoms. The highest BCUT2D eigenvalue weighted by Gasteiger charge is 2.19. The number of methoxy groups -OCH3 is 2. The normalized spacial score (nSPS) is 11.7. The molecule has 0 aliphatic carbocycles. The minimum atomic E-state index is -3.62. The number of benzene rings is 1. The van der Waals surface area contributed by atoms with Crippen LogP contribution in [0.2, 0.25) is 0 Å². The van der Waals surface area contributed by atoms with Crippen molar-refractivity contribution in [2.45, 2.75) is 31.2 Å². The molecule has 0 fully saturated rings. The molecule has 21 heavy (non-hydrogen) atoms. The Hall–Kier alpha value is -1.31. The van der Waals surface area contributed by atoms with E-state index in [2.05, 4.69) is 10.0 Å². The van der Waals surface area contributed by atoms with Crippen LogP contribution in [0.15, 0.2) is 23.1 Å². The van der Waals surface area contributed by atoms with Gasteiger partial charge in [-0.05, 0) is 25.1 Å². The molecular formula is C14H24N2O4S. The number of hydrogen-bond acceptors (Lipinski definition) is 5. The van der Waals surface area contributed by atoms with Crippen LogP contribution in [-0.2, 0) is 10.0 Å². The smallest absolute Gasteiger partial charge is 0.244 e. The van der Waals surface area contributed by atoms with Gasteiger partial charge in [-0.25, -0.2) is 13.1 Å². The summed E-state index contributed by atoms with van der Waals surface area (Å²) < 4.78 is 37.4. The van der Waals surface area contributed by atoms with E-state index in [1.807, 2.05) is 13.8 Å². The Kier molecular flexibility index (Phi) is 6.94. The molecule has 0 saturated carbocycles. The molecule has 0 radical (unpaired) electrons. The molecule has 0 atom stereocenters. The summed E-state index contributed by atoms with van der Waals surface area (Å²) in [5, 5.41) is 3.23. The van der Waals surface area contributed by atoms with Crippen molar-refractivity contribution in [3.63, 3.8) is 0 Å². The first kappa shape index (κ1) is 17.7. The van der Waals surface area contributed by atoms with Gasteiger partial charge >= 0.3 is 0 Å². The van der Waals surface area contributed by atoms with Gasteiger partial charge in [-0.3, -0.25) is 0 Å². The molecule has 1 aromatic carbocycles. The molecule has 1 aromatic rings. The summed E-state index contributed by atoms with van der Waals surface area (Å²) in [4.78, 5) is 0.0844. The first-order valence-corrected chi connectivity index (χ1v) is 8.34. The molecule has 0 amide bonds. The third-order valence-electron chi connectivity index (χ3n) is 2.86. The molecule has 120 valence electrons. The van der Waals surface area contributed by atoms with Gasteiger partial charge in [0.15, 0.2) is 0 Å². The third kappa shape index (κ3) is 5.53. The molecule has 0 aliphatic heterocycles. The van der Waals surface area contributed by atoms with Crippen molar-refractivity contribution in [1.29, 1.82) is 0 Å². The lowest BCUT2D eigenvalue weighted by Crippen LogP contribution is -2.30. The lowest BCUT2D eigenvalue weighted by molar-refractivity contribution is 0.392. The molecule has 0 saturated heterocycles. The second kappa shape index (κ2) is 8.21. The van der Waals surface area contributed by atoms with E-state index < -0.39 is 10.0 Å². The molecule has 1 rings (SSSR count). The summed E-state index contributed by atoms with van der Waals surface area (Å²) in [5.74, 6) is 0.765. The Bertz CT molecular complexity index is 544. The number of hydrogen-bond donors (Lipinski definition) is 2. The fourth-order valence-electron chi connectivity index (χ4n) is 1.76. The van der Waals surface area contributed by atoms with Crippen molar-refractivity contribution in [2.75, 3.05) is 27.3 Å². The van der Waals surface area contributed by atoms with Crippen LogP contribution in [-0.4, -0.2) is 41.8 Å². The molecule has 0 heterocycles. The summed E-state index contributed by atoms with van der Waals surface area (Å²) in [6.07, 6.45) is 0.712. The van der Waals surface area contributed by atoms with E-state index in [4.69, 9.17) is 9.47 Å². The van der Waals surface area contributed by atoms with Crippen molar-refractivity contribution < 1.29 is 17.9 Å². The van der Waals surface area contributed by atoms with E-state index in [1.165, 1.54) is 20.3 Å². The maximum Gasteiger partial charge on any atom is 0.244 e. The van der Waals surface area contributed by atoms with Gasteiger partial charge in [-0.1, -0.05) is 13.8 Å². The lowest BCUT2D eigenvalue weighted by Gasteiger charge is -2.12. The van der Waals surface area contributed by atoms with Crippen LogP contribution in [0, 0.1) is 0 Å². The SMILES string of the molecule is COc1ccc(OC)c(S(=O)(=O)NCCCNC(C)C)c1. The van der Waals surface area contributed by atoms with E-state index in [-0.39, 0.29) is 4.90 Å². The number of nitrogens with one attached hydrogen (secondary N) is 2. The summed E-state index contributed by atoms with van der Waals surface area (Å²) in [5.41, 5.74) is 0. The largest absolute Gasteiger partial charge is 0.497 e. The van der Waals surface area contributed by atoms with E-state index in [9.17, 15) is 8.42 Å². The van der Waals surface area contributed by atoms with Gasteiger partial charge in [-0.15, -0.1) is 0 Å². The highest BCUT2D eigenvalue weighted by atomic mass is 32.2. The topological polar surface area (TPSA) is 76.7 Å². The molecular weight excluding hydrogens is 292 g/mol. The number of sulfonamides is 1. The molecule has 0 aromatic heterocycles. The zero-order chi connectivity index (χ0) is 15.9. The first-order valence-electron chi connectivity index (χ1n) is 6.85. The average Bonchev–Trinajstić information content (AvgIpc) is 2.45. The maximum atomic E-state index is 12.3. The van der Waals surface area contributed by atoms with Gasteiger partial charge in [-0.2, -0.15) is 0 Å². The van der Waals surface area contributed by atoms with Crippen molar-refractivity contribution >= 4 is 10.0 Å². The summed E-state index contributed by atoms with van der Waals surface area (Å²) >= 11 is 0. The van der Waals surface area contributed by atoms with Gasteiger partial charge in [0.05, 0.1) is 14.2 Å². The number of ether oxygens (including phenoxy) is 2. The molecule has 0 unspecified atom stereocenters. The van der Waals surface area contributed by atoms with Gasteiger partial charge in [0, 0.05) is 18.7 Å². The highest BCUT2D eigenvalue weighted by Crippen LogP contribution is 2.27. The van der Waals surface area contributed by atoms with Crippen LogP contribution in [0.1, 0.15) is 20.3 Å². The standard InChI is InChI=1S/C14H24N2O4S/c1-11(2)15-8-5-9-16-21(17,18)14-10-12(19-3)6-7-13(14)20-4/h6-7,10-11,15-16H,5,8-9H2,1-4H3. The van der Waals surface area contributed by atoms with Gasteiger partial charge in [0.1, 0.15) is 16.4 Å². The fourth-order valence-corrected chi connectivity index (χ4v) is 3.01. The highest BCUT2D eigenvalue weighted by molar-refractivity contribution is 7.89. The quantitative estimate of drug-likeness (QED) is 0.673. The summed E-state index contributed by atoms with van der Waals surface area (Å²) in [7, 11) is -0.692. The summed E-state index contributed by atoms with van der Waals surface area (Å²) in [6.45, 7) is 5.22. The Morgan fingerprint density at radius 2 is 1.86 bits per heavy atom. The van der Waals surface area contributed by atoms with E-state index in [0.29, 0.717) is 30.5 Å².